The first-order chi connectivity index (χ1) is 16.5. The van der Waals surface area contributed by atoms with Crippen molar-refractivity contribution in [3.8, 4) is 5.75 Å². The van der Waals surface area contributed by atoms with Crippen LogP contribution in [0.4, 0.5) is 11.4 Å². The third-order valence-corrected chi connectivity index (χ3v) is 5.67. The average Bonchev–Trinajstić information content (AvgIpc) is 3.38. The van der Waals surface area contributed by atoms with Gasteiger partial charge >= 0.3 is 0 Å². The van der Waals surface area contributed by atoms with Gasteiger partial charge in [-0.15, -0.1) is 0 Å². The van der Waals surface area contributed by atoms with Crippen LogP contribution in [0.3, 0.4) is 0 Å². The Kier molecular flexibility index (Phi) is 7.29. The number of anilines is 2. The standard InChI is InChI=1S/C26H28N4O4/c1-29-13-15-30(16-14-29)21-9-7-20(8-10-21)27-26(32)24(18-23-4-3-17-34-23)28-25(31)19-5-11-22(33-2)12-6-19/h3-12,17-18H,13-16H2,1-2H3,(H,27,32)(H,28,31)/b24-18-. The molecule has 0 aliphatic carbocycles. The second-order valence-corrected chi connectivity index (χ2v) is 8.05. The topological polar surface area (TPSA) is 87.0 Å². The minimum Gasteiger partial charge on any atom is -0.497 e. The summed E-state index contributed by atoms with van der Waals surface area (Å²) in [4.78, 5) is 30.5. The van der Waals surface area contributed by atoms with Crippen molar-refractivity contribution in [3.63, 3.8) is 0 Å². The molecule has 34 heavy (non-hydrogen) atoms. The number of methoxy groups -OCH3 is 1. The molecule has 0 bridgehead atoms. The molecule has 0 unspecified atom stereocenters. The van der Waals surface area contributed by atoms with Crippen molar-refractivity contribution in [3.05, 3.63) is 83.9 Å². The van der Waals surface area contributed by atoms with Gasteiger partial charge in [0.25, 0.3) is 11.8 Å². The zero-order valence-electron chi connectivity index (χ0n) is 19.3. The molecule has 2 heterocycles. The molecule has 0 saturated carbocycles. The number of amides is 2. The Morgan fingerprint density at radius 1 is 0.971 bits per heavy atom. The summed E-state index contributed by atoms with van der Waals surface area (Å²) < 4.78 is 10.5. The van der Waals surface area contributed by atoms with Gasteiger partial charge in [-0.05, 0) is 67.7 Å². The first-order valence-corrected chi connectivity index (χ1v) is 11.1. The third-order valence-electron chi connectivity index (χ3n) is 5.67. The molecule has 4 rings (SSSR count). The molecule has 176 valence electrons. The van der Waals surface area contributed by atoms with E-state index in [4.69, 9.17) is 9.15 Å². The smallest absolute Gasteiger partial charge is 0.272 e. The Morgan fingerprint density at radius 3 is 2.29 bits per heavy atom. The molecule has 2 aromatic carbocycles. The number of benzene rings is 2. The van der Waals surface area contributed by atoms with Crippen LogP contribution in [-0.2, 0) is 4.79 Å². The summed E-state index contributed by atoms with van der Waals surface area (Å²) >= 11 is 0. The summed E-state index contributed by atoms with van der Waals surface area (Å²) in [5, 5.41) is 5.55. The van der Waals surface area contributed by atoms with E-state index in [0.717, 1.165) is 31.9 Å². The summed E-state index contributed by atoms with van der Waals surface area (Å²) in [5.74, 6) is 0.220. The molecule has 2 N–H and O–H groups in total. The van der Waals surface area contributed by atoms with Gasteiger partial charge < -0.3 is 29.6 Å². The number of hydrogen-bond donors (Lipinski definition) is 2. The molecule has 0 radical (unpaired) electrons. The number of ether oxygens (including phenoxy) is 1. The fourth-order valence-electron chi connectivity index (χ4n) is 3.63. The molecule has 2 amide bonds. The van der Waals surface area contributed by atoms with E-state index in [1.54, 1.807) is 43.5 Å². The fourth-order valence-corrected chi connectivity index (χ4v) is 3.63. The lowest BCUT2D eigenvalue weighted by Gasteiger charge is -2.34. The van der Waals surface area contributed by atoms with Crippen molar-refractivity contribution in [2.24, 2.45) is 0 Å². The molecule has 3 aromatic rings. The molecule has 1 aliphatic heterocycles. The summed E-state index contributed by atoms with van der Waals surface area (Å²) in [6.07, 6.45) is 3.00. The van der Waals surface area contributed by atoms with E-state index in [1.807, 2.05) is 24.3 Å². The molecule has 1 aliphatic rings. The fraction of sp³-hybridized carbons (Fsp3) is 0.231. The van der Waals surface area contributed by atoms with Crippen LogP contribution in [0, 0.1) is 0 Å². The quantitative estimate of drug-likeness (QED) is 0.525. The first-order valence-electron chi connectivity index (χ1n) is 11.1. The van der Waals surface area contributed by atoms with Crippen LogP contribution in [-0.4, -0.2) is 57.1 Å². The van der Waals surface area contributed by atoms with E-state index in [1.165, 1.54) is 12.3 Å². The van der Waals surface area contributed by atoms with Crippen LogP contribution in [0.15, 0.2) is 77.0 Å². The predicted molar refractivity (Wildman–Crippen MR) is 132 cm³/mol. The molecule has 1 saturated heterocycles. The highest BCUT2D eigenvalue weighted by Crippen LogP contribution is 2.20. The van der Waals surface area contributed by atoms with Crippen LogP contribution >= 0.6 is 0 Å². The van der Waals surface area contributed by atoms with Gasteiger partial charge in [-0.3, -0.25) is 9.59 Å². The van der Waals surface area contributed by atoms with E-state index < -0.39 is 11.8 Å². The zero-order chi connectivity index (χ0) is 23.9. The van der Waals surface area contributed by atoms with Gasteiger partial charge in [0.05, 0.1) is 13.4 Å². The number of likely N-dealkylation sites (N-methyl/N-ethyl adjacent to an activating group) is 1. The van der Waals surface area contributed by atoms with Crippen LogP contribution in [0.1, 0.15) is 16.1 Å². The highest BCUT2D eigenvalue weighted by molar-refractivity contribution is 6.10. The molecule has 1 aromatic heterocycles. The van der Waals surface area contributed by atoms with Crippen molar-refractivity contribution in [1.82, 2.24) is 10.2 Å². The van der Waals surface area contributed by atoms with Crippen molar-refractivity contribution in [2.75, 3.05) is 50.6 Å². The maximum absolute atomic E-state index is 13.1. The Balaban J connectivity index is 1.46. The first kappa shape index (κ1) is 23.1. The molecular weight excluding hydrogens is 432 g/mol. The minimum absolute atomic E-state index is 0.0684. The summed E-state index contributed by atoms with van der Waals surface area (Å²) in [6.45, 7) is 3.98. The molecule has 0 spiro atoms. The van der Waals surface area contributed by atoms with E-state index in [-0.39, 0.29) is 5.70 Å². The number of carbonyl (C=O) groups is 2. The van der Waals surface area contributed by atoms with E-state index in [9.17, 15) is 9.59 Å². The van der Waals surface area contributed by atoms with E-state index in [2.05, 4.69) is 27.5 Å². The highest BCUT2D eigenvalue weighted by Gasteiger charge is 2.17. The molecular formula is C26H28N4O4. The van der Waals surface area contributed by atoms with Gasteiger partial charge in [0.1, 0.15) is 17.2 Å². The number of nitrogens with zero attached hydrogens (tertiary/aromatic N) is 2. The van der Waals surface area contributed by atoms with Crippen LogP contribution in [0.5, 0.6) is 5.75 Å². The predicted octanol–water partition coefficient (Wildman–Crippen LogP) is 3.45. The number of nitrogens with one attached hydrogen (secondary N) is 2. The van der Waals surface area contributed by atoms with Gasteiger partial charge in [0.15, 0.2) is 0 Å². The van der Waals surface area contributed by atoms with Crippen LogP contribution < -0.4 is 20.3 Å². The summed E-state index contributed by atoms with van der Waals surface area (Å²) in [7, 11) is 3.68. The van der Waals surface area contributed by atoms with Crippen LogP contribution in [0.2, 0.25) is 0 Å². The lowest BCUT2D eigenvalue weighted by Crippen LogP contribution is -2.44. The Labute approximate surface area is 198 Å². The normalized spacial score (nSPS) is 14.5. The van der Waals surface area contributed by atoms with Gasteiger partial charge in [0.2, 0.25) is 0 Å². The molecule has 8 nitrogen and oxygen atoms in total. The Morgan fingerprint density at radius 2 is 1.68 bits per heavy atom. The Hall–Kier alpha value is -4.04. The van der Waals surface area contributed by atoms with Gasteiger partial charge in [-0.1, -0.05) is 0 Å². The maximum atomic E-state index is 13.1. The Bertz CT molecular complexity index is 1130. The lowest BCUT2D eigenvalue weighted by molar-refractivity contribution is -0.113. The largest absolute Gasteiger partial charge is 0.497 e. The van der Waals surface area contributed by atoms with Gasteiger partial charge in [0, 0.05) is 49.2 Å². The van der Waals surface area contributed by atoms with Crippen molar-refractivity contribution >= 4 is 29.3 Å². The van der Waals surface area contributed by atoms with Crippen molar-refractivity contribution in [1.29, 1.82) is 0 Å². The average molecular weight is 461 g/mol. The summed E-state index contributed by atoms with van der Waals surface area (Å²) in [5.41, 5.74) is 2.21. The maximum Gasteiger partial charge on any atom is 0.272 e. The van der Waals surface area contributed by atoms with Crippen molar-refractivity contribution < 1.29 is 18.7 Å². The highest BCUT2D eigenvalue weighted by atomic mass is 16.5. The zero-order valence-corrected chi connectivity index (χ0v) is 19.3. The number of hydrogen-bond acceptors (Lipinski definition) is 6. The lowest BCUT2D eigenvalue weighted by atomic mass is 10.2. The number of rotatable bonds is 7. The van der Waals surface area contributed by atoms with Gasteiger partial charge in [-0.25, -0.2) is 0 Å². The van der Waals surface area contributed by atoms with Crippen molar-refractivity contribution in [2.45, 2.75) is 0 Å². The molecule has 8 heteroatoms. The molecule has 1 fully saturated rings. The number of piperazine rings is 1. The summed E-state index contributed by atoms with van der Waals surface area (Å²) in [6, 6.07) is 17.8. The monoisotopic (exact) mass is 460 g/mol. The van der Waals surface area contributed by atoms with Crippen LogP contribution in [0.25, 0.3) is 6.08 Å². The second kappa shape index (κ2) is 10.7. The van der Waals surface area contributed by atoms with E-state index in [0.29, 0.717) is 22.8 Å². The third kappa shape index (κ3) is 5.85. The van der Waals surface area contributed by atoms with Gasteiger partial charge in [-0.2, -0.15) is 0 Å². The minimum atomic E-state index is -0.453. The van der Waals surface area contributed by atoms with E-state index >= 15 is 0 Å². The molecule has 0 atom stereocenters. The SMILES string of the molecule is COc1ccc(C(=O)N/C(=C\c2ccco2)C(=O)Nc2ccc(N3CCN(C)CC3)cc2)cc1. The second-order valence-electron chi connectivity index (χ2n) is 8.05. The number of furan rings is 1. The number of carbonyl (C=O) groups excluding carboxylic acids is 2.